The molecule has 96 valence electrons. The number of halogens is 1. The van der Waals surface area contributed by atoms with Crippen LogP contribution in [0.5, 0.6) is 5.75 Å². The zero-order valence-electron chi connectivity index (χ0n) is 10.2. The van der Waals surface area contributed by atoms with Crippen molar-refractivity contribution >= 4 is 23.1 Å². The highest BCUT2D eigenvalue weighted by Gasteiger charge is 2.15. The van der Waals surface area contributed by atoms with Crippen molar-refractivity contribution in [3.63, 3.8) is 0 Å². The first-order valence-corrected chi connectivity index (χ1v) is 6.38. The van der Waals surface area contributed by atoms with Gasteiger partial charge in [0.05, 0.1) is 13.2 Å². The third-order valence-corrected chi connectivity index (χ3v) is 2.95. The molecule has 0 aromatic heterocycles. The first kappa shape index (κ1) is 13.0. The zero-order valence-corrected chi connectivity index (χ0v) is 11.0. The Hall–Kier alpha value is -1.48. The van der Waals surface area contributed by atoms with Crippen molar-refractivity contribution in [1.29, 1.82) is 0 Å². The number of benzene rings is 1. The van der Waals surface area contributed by atoms with Crippen LogP contribution in [0.4, 0.5) is 0 Å². The lowest BCUT2D eigenvalue weighted by Crippen LogP contribution is -2.01. The summed E-state index contributed by atoms with van der Waals surface area (Å²) < 4.78 is 10.6. The summed E-state index contributed by atoms with van der Waals surface area (Å²) in [7, 11) is 0. The van der Waals surface area contributed by atoms with E-state index in [9.17, 15) is 4.79 Å². The van der Waals surface area contributed by atoms with E-state index in [1.54, 1.807) is 25.1 Å². The summed E-state index contributed by atoms with van der Waals surface area (Å²) in [6.45, 7) is 2.81. The van der Waals surface area contributed by atoms with Gasteiger partial charge in [0.1, 0.15) is 5.75 Å². The van der Waals surface area contributed by atoms with E-state index in [-0.39, 0.29) is 5.97 Å². The molecule has 0 saturated carbocycles. The van der Waals surface area contributed by atoms with Gasteiger partial charge >= 0.3 is 5.97 Å². The first-order valence-electron chi connectivity index (χ1n) is 6.00. The Bertz CT molecular complexity index is 480. The van der Waals surface area contributed by atoms with Crippen molar-refractivity contribution in [2.45, 2.75) is 19.8 Å². The number of rotatable bonds is 2. The highest BCUT2D eigenvalue weighted by Crippen LogP contribution is 2.34. The van der Waals surface area contributed by atoms with Gasteiger partial charge in [-0.25, -0.2) is 4.79 Å². The second kappa shape index (κ2) is 5.91. The Kier molecular flexibility index (Phi) is 4.26. The van der Waals surface area contributed by atoms with Crippen LogP contribution in [0.2, 0.25) is 5.02 Å². The van der Waals surface area contributed by atoms with Gasteiger partial charge in [-0.1, -0.05) is 11.6 Å². The fourth-order valence-electron chi connectivity index (χ4n) is 1.94. The molecular formula is C14H15ClO3. The van der Waals surface area contributed by atoms with Gasteiger partial charge in [-0.05, 0) is 43.5 Å². The fourth-order valence-corrected chi connectivity index (χ4v) is 2.10. The lowest BCUT2D eigenvalue weighted by molar-refractivity contribution is -0.137. The summed E-state index contributed by atoms with van der Waals surface area (Å²) in [5, 5.41) is 0.631. The largest absolute Gasteiger partial charge is 0.493 e. The van der Waals surface area contributed by atoms with Gasteiger partial charge in [-0.2, -0.15) is 0 Å². The van der Waals surface area contributed by atoms with Crippen LogP contribution in [0.15, 0.2) is 24.3 Å². The molecule has 1 aromatic rings. The van der Waals surface area contributed by atoms with Crippen molar-refractivity contribution in [2.24, 2.45) is 0 Å². The molecule has 4 heteroatoms. The van der Waals surface area contributed by atoms with Crippen molar-refractivity contribution in [2.75, 3.05) is 13.2 Å². The summed E-state index contributed by atoms with van der Waals surface area (Å²) in [6.07, 6.45) is 3.22. The average molecular weight is 267 g/mol. The highest BCUT2D eigenvalue weighted by molar-refractivity contribution is 6.30. The van der Waals surface area contributed by atoms with Gasteiger partial charge in [-0.3, -0.25) is 0 Å². The fraction of sp³-hybridized carbons (Fsp3) is 0.357. The monoisotopic (exact) mass is 266 g/mol. The minimum absolute atomic E-state index is 0.310. The molecular weight excluding hydrogens is 252 g/mol. The molecule has 1 aliphatic rings. The molecule has 0 fully saturated rings. The first-order chi connectivity index (χ1) is 8.70. The minimum atomic E-state index is -0.310. The van der Waals surface area contributed by atoms with Crippen LogP contribution >= 0.6 is 11.6 Å². The zero-order chi connectivity index (χ0) is 13.0. The molecule has 0 saturated heterocycles. The molecule has 3 nitrogen and oxygen atoms in total. The quantitative estimate of drug-likeness (QED) is 0.607. The maximum Gasteiger partial charge on any atom is 0.331 e. The number of carbonyl (C=O) groups excluding carboxylic acids is 1. The van der Waals surface area contributed by atoms with Crippen LogP contribution in [-0.2, 0) is 9.53 Å². The lowest BCUT2D eigenvalue weighted by Gasteiger charge is -2.09. The summed E-state index contributed by atoms with van der Waals surface area (Å²) >= 11 is 5.94. The maximum atomic E-state index is 11.5. The van der Waals surface area contributed by atoms with E-state index < -0.39 is 0 Å². The van der Waals surface area contributed by atoms with Gasteiger partial charge in [0.25, 0.3) is 0 Å². The maximum absolute atomic E-state index is 11.5. The smallest absolute Gasteiger partial charge is 0.331 e. The van der Waals surface area contributed by atoms with E-state index in [0.29, 0.717) is 18.2 Å². The van der Waals surface area contributed by atoms with Crippen molar-refractivity contribution < 1.29 is 14.3 Å². The topological polar surface area (TPSA) is 35.5 Å². The van der Waals surface area contributed by atoms with E-state index in [4.69, 9.17) is 21.1 Å². The summed E-state index contributed by atoms with van der Waals surface area (Å²) in [5.41, 5.74) is 1.86. The number of hydrogen-bond acceptors (Lipinski definition) is 3. The molecule has 1 heterocycles. The average Bonchev–Trinajstić information content (AvgIpc) is 2.52. The highest BCUT2D eigenvalue weighted by atomic mass is 35.5. The Morgan fingerprint density at radius 2 is 2.39 bits per heavy atom. The van der Waals surface area contributed by atoms with Gasteiger partial charge in [0, 0.05) is 16.7 Å². The molecule has 0 atom stereocenters. The normalized spacial score (nSPS) is 16.7. The standard InChI is InChI=1S/C14H15ClO3/c1-2-17-14(16)8-10-4-3-7-18-13-9-11(15)5-6-12(10)13/h5-6,8-9H,2-4,7H2,1H3. The van der Waals surface area contributed by atoms with Gasteiger partial charge in [-0.15, -0.1) is 0 Å². The predicted octanol–water partition coefficient (Wildman–Crippen LogP) is 3.46. The lowest BCUT2D eigenvalue weighted by atomic mass is 10.0. The van der Waals surface area contributed by atoms with Crippen LogP contribution in [0.25, 0.3) is 5.57 Å². The Balaban J connectivity index is 2.35. The minimum Gasteiger partial charge on any atom is -0.493 e. The summed E-state index contributed by atoms with van der Waals surface area (Å²) in [5.74, 6) is 0.422. The van der Waals surface area contributed by atoms with Crippen molar-refractivity contribution in [3.8, 4) is 5.75 Å². The molecule has 2 rings (SSSR count). The molecule has 0 unspecified atom stereocenters. The third-order valence-electron chi connectivity index (χ3n) is 2.72. The molecule has 0 bridgehead atoms. The SMILES string of the molecule is CCOC(=O)C=C1CCCOc2cc(Cl)ccc21. The molecule has 0 N–H and O–H groups in total. The van der Waals surface area contributed by atoms with Crippen LogP contribution in [0, 0.1) is 0 Å². The molecule has 0 aliphatic carbocycles. The molecule has 0 radical (unpaired) electrons. The second-order valence-corrected chi connectivity index (χ2v) is 4.45. The predicted molar refractivity (Wildman–Crippen MR) is 70.8 cm³/mol. The molecule has 1 aliphatic heterocycles. The second-order valence-electron chi connectivity index (χ2n) is 4.01. The van der Waals surface area contributed by atoms with Crippen LogP contribution in [0.3, 0.4) is 0 Å². The Morgan fingerprint density at radius 3 is 3.17 bits per heavy atom. The van der Waals surface area contributed by atoms with E-state index in [1.165, 1.54) is 0 Å². The van der Waals surface area contributed by atoms with Crippen LogP contribution < -0.4 is 4.74 Å². The number of esters is 1. The third kappa shape index (κ3) is 3.05. The van der Waals surface area contributed by atoms with Crippen molar-refractivity contribution in [1.82, 2.24) is 0 Å². The van der Waals surface area contributed by atoms with E-state index >= 15 is 0 Å². The molecule has 18 heavy (non-hydrogen) atoms. The Morgan fingerprint density at radius 1 is 1.56 bits per heavy atom. The summed E-state index contributed by atoms with van der Waals surface area (Å²) in [6, 6.07) is 5.46. The molecule has 0 spiro atoms. The molecule has 1 aromatic carbocycles. The number of ether oxygens (including phenoxy) is 2. The number of fused-ring (bicyclic) bond motifs is 1. The van der Waals surface area contributed by atoms with Crippen LogP contribution in [-0.4, -0.2) is 19.2 Å². The molecule has 0 amide bonds. The van der Waals surface area contributed by atoms with Crippen molar-refractivity contribution in [3.05, 3.63) is 34.9 Å². The van der Waals surface area contributed by atoms with Gasteiger partial charge < -0.3 is 9.47 Å². The number of allylic oxidation sites excluding steroid dienone is 1. The van der Waals surface area contributed by atoms with E-state index in [1.807, 2.05) is 6.07 Å². The van der Waals surface area contributed by atoms with Gasteiger partial charge in [0.15, 0.2) is 0 Å². The van der Waals surface area contributed by atoms with E-state index in [2.05, 4.69) is 0 Å². The number of hydrogen-bond donors (Lipinski definition) is 0. The number of carbonyl (C=O) groups is 1. The van der Waals surface area contributed by atoms with Crippen LogP contribution in [0.1, 0.15) is 25.3 Å². The van der Waals surface area contributed by atoms with Gasteiger partial charge in [0.2, 0.25) is 0 Å². The van der Waals surface area contributed by atoms with E-state index in [0.717, 1.165) is 29.7 Å². The Labute approximate surface area is 111 Å². The summed E-state index contributed by atoms with van der Waals surface area (Å²) in [4.78, 5) is 11.5.